The van der Waals surface area contributed by atoms with Crippen molar-refractivity contribution in [2.75, 3.05) is 0 Å². The maximum absolute atomic E-state index is 12.1. The molecular weight excluding hydrogens is 202 g/mol. The number of ketones is 1. The molecule has 3 heteroatoms. The number of carbonyl (C=O) groups is 2. The van der Waals surface area contributed by atoms with E-state index in [-0.39, 0.29) is 11.8 Å². The highest BCUT2D eigenvalue weighted by Crippen LogP contribution is 2.38. The smallest absolute Gasteiger partial charge is 0.192 e. The zero-order chi connectivity index (χ0) is 11.1. The molecule has 0 fully saturated rings. The predicted molar refractivity (Wildman–Crippen MR) is 59.3 cm³/mol. The second-order valence-corrected chi connectivity index (χ2v) is 3.84. The molecule has 2 aliphatic rings. The van der Waals surface area contributed by atoms with E-state index in [1.165, 1.54) is 0 Å². The maximum atomic E-state index is 12.1. The van der Waals surface area contributed by atoms with Gasteiger partial charge in [-0.25, -0.2) is 0 Å². The van der Waals surface area contributed by atoms with Crippen LogP contribution >= 0.6 is 0 Å². The van der Waals surface area contributed by atoms with Crippen LogP contribution < -0.4 is 5.32 Å². The number of carbonyl (C=O) groups excluding carboxylic acids is 2. The van der Waals surface area contributed by atoms with Crippen LogP contribution in [0.4, 0.5) is 0 Å². The molecule has 3 nitrogen and oxygen atoms in total. The maximum Gasteiger partial charge on any atom is 0.192 e. The minimum absolute atomic E-state index is 0.0421. The van der Waals surface area contributed by atoms with Gasteiger partial charge in [-0.1, -0.05) is 24.3 Å². The molecule has 0 amide bonds. The summed E-state index contributed by atoms with van der Waals surface area (Å²) in [6.45, 7) is 0. The molecule has 1 aromatic carbocycles. The van der Waals surface area contributed by atoms with Crippen molar-refractivity contribution < 1.29 is 9.59 Å². The Kier molecular flexibility index (Phi) is 1.80. The first-order valence-corrected chi connectivity index (χ1v) is 5.08. The predicted octanol–water partition coefficient (Wildman–Crippen LogP) is 1.78. The van der Waals surface area contributed by atoms with Crippen LogP contribution in [0.25, 0.3) is 0 Å². The minimum Gasteiger partial charge on any atom is -0.380 e. The normalized spacial score (nSPS) is 20.9. The van der Waals surface area contributed by atoms with Gasteiger partial charge < -0.3 is 5.32 Å². The zero-order valence-electron chi connectivity index (χ0n) is 8.44. The lowest BCUT2D eigenvalue weighted by Gasteiger charge is -2.15. The third-order valence-electron chi connectivity index (χ3n) is 3.00. The molecule has 0 saturated heterocycles. The molecule has 0 aromatic heterocycles. The van der Waals surface area contributed by atoms with E-state index in [1.807, 2.05) is 12.3 Å². The third-order valence-corrected chi connectivity index (χ3v) is 3.00. The van der Waals surface area contributed by atoms with E-state index in [0.29, 0.717) is 16.7 Å². The summed E-state index contributed by atoms with van der Waals surface area (Å²) in [5.74, 6) is -0.0421. The summed E-state index contributed by atoms with van der Waals surface area (Å²) < 4.78 is 0. The van der Waals surface area contributed by atoms with Crippen LogP contribution in [0.15, 0.2) is 42.1 Å². The highest BCUT2D eigenvalue weighted by Gasteiger charge is 2.36. The second kappa shape index (κ2) is 3.17. The lowest BCUT2D eigenvalue weighted by atomic mass is 10.0. The van der Waals surface area contributed by atoms with Crippen LogP contribution in [-0.4, -0.2) is 12.1 Å². The van der Waals surface area contributed by atoms with Gasteiger partial charge in [-0.2, -0.15) is 0 Å². The van der Waals surface area contributed by atoms with Gasteiger partial charge in [-0.3, -0.25) is 9.59 Å². The fourth-order valence-corrected chi connectivity index (χ4v) is 2.29. The largest absolute Gasteiger partial charge is 0.380 e. The highest BCUT2D eigenvalue weighted by atomic mass is 16.1. The minimum atomic E-state index is -0.0904. The van der Waals surface area contributed by atoms with Crippen molar-refractivity contribution in [1.29, 1.82) is 0 Å². The van der Waals surface area contributed by atoms with Crippen LogP contribution in [0, 0.1) is 0 Å². The fourth-order valence-electron chi connectivity index (χ4n) is 2.29. The average molecular weight is 211 g/mol. The van der Waals surface area contributed by atoms with Gasteiger partial charge in [0, 0.05) is 16.7 Å². The molecule has 1 aliphatic carbocycles. The van der Waals surface area contributed by atoms with Crippen molar-refractivity contribution in [3.63, 3.8) is 0 Å². The Morgan fingerprint density at radius 3 is 3.00 bits per heavy atom. The highest BCUT2D eigenvalue weighted by molar-refractivity contribution is 6.17. The summed E-state index contributed by atoms with van der Waals surface area (Å²) in [7, 11) is 0. The van der Waals surface area contributed by atoms with Gasteiger partial charge >= 0.3 is 0 Å². The van der Waals surface area contributed by atoms with Gasteiger partial charge in [-0.15, -0.1) is 0 Å². The van der Waals surface area contributed by atoms with Crippen LogP contribution in [-0.2, 0) is 0 Å². The Morgan fingerprint density at radius 1 is 1.31 bits per heavy atom. The zero-order valence-corrected chi connectivity index (χ0v) is 8.44. The number of nitrogens with one attached hydrogen (secondary N) is 1. The molecule has 3 rings (SSSR count). The molecule has 1 unspecified atom stereocenters. The van der Waals surface area contributed by atoms with Gasteiger partial charge in [0.05, 0.1) is 6.04 Å². The Labute approximate surface area is 92.5 Å². The van der Waals surface area contributed by atoms with Gasteiger partial charge in [0.25, 0.3) is 0 Å². The third kappa shape index (κ3) is 1.03. The van der Waals surface area contributed by atoms with E-state index in [9.17, 15) is 9.59 Å². The number of rotatable bonds is 1. The van der Waals surface area contributed by atoms with Crippen molar-refractivity contribution in [3.8, 4) is 0 Å². The number of fused-ring (bicyclic) bond motifs is 3. The van der Waals surface area contributed by atoms with E-state index in [1.54, 1.807) is 24.3 Å². The summed E-state index contributed by atoms with van der Waals surface area (Å²) in [6, 6.07) is 5.28. The SMILES string of the molecule is O=Cc1cccc2c1C(=O)C1=CC=CNC12. The second-order valence-electron chi connectivity index (χ2n) is 3.84. The molecule has 0 spiro atoms. The lowest BCUT2D eigenvalue weighted by molar-refractivity contribution is 0.102. The monoisotopic (exact) mass is 211 g/mol. The van der Waals surface area contributed by atoms with E-state index in [2.05, 4.69) is 5.32 Å². The fraction of sp³-hybridized carbons (Fsp3) is 0.0769. The topological polar surface area (TPSA) is 46.2 Å². The number of allylic oxidation sites excluding steroid dienone is 2. The van der Waals surface area contributed by atoms with E-state index >= 15 is 0 Å². The van der Waals surface area contributed by atoms with Gasteiger partial charge in [0.15, 0.2) is 12.1 Å². The molecule has 1 N–H and O–H groups in total. The molecule has 1 heterocycles. The number of Topliss-reactive ketones (excluding diaryl/α,β-unsaturated/α-hetero) is 1. The van der Waals surface area contributed by atoms with Gasteiger partial charge in [-0.05, 0) is 17.8 Å². The number of hydrogen-bond donors (Lipinski definition) is 1. The quantitative estimate of drug-likeness (QED) is 0.720. The summed E-state index contributed by atoms with van der Waals surface area (Å²) in [6.07, 6.45) is 6.15. The van der Waals surface area contributed by atoms with Crippen LogP contribution in [0.3, 0.4) is 0 Å². The van der Waals surface area contributed by atoms with E-state index in [4.69, 9.17) is 0 Å². The Bertz CT molecular complexity index is 555. The Morgan fingerprint density at radius 2 is 2.19 bits per heavy atom. The Hall–Kier alpha value is -2.16. The van der Waals surface area contributed by atoms with Crippen molar-refractivity contribution in [1.82, 2.24) is 5.32 Å². The molecule has 1 aromatic rings. The van der Waals surface area contributed by atoms with E-state index < -0.39 is 0 Å². The van der Waals surface area contributed by atoms with Crippen LogP contribution in [0.5, 0.6) is 0 Å². The lowest BCUT2D eigenvalue weighted by Crippen LogP contribution is -2.17. The summed E-state index contributed by atoms with van der Waals surface area (Å²) in [5.41, 5.74) is 2.63. The molecule has 0 bridgehead atoms. The number of hydrogen-bond acceptors (Lipinski definition) is 3. The molecule has 1 atom stereocenters. The van der Waals surface area contributed by atoms with Crippen LogP contribution in [0.1, 0.15) is 32.3 Å². The van der Waals surface area contributed by atoms with Crippen molar-refractivity contribution in [3.05, 3.63) is 58.8 Å². The molecule has 0 saturated carbocycles. The van der Waals surface area contributed by atoms with Crippen molar-refractivity contribution in [2.24, 2.45) is 0 Å². The first-order chi connectivity index (χ1) is 7.83. The molecular formula is C13H9NO2. The number of dihydropyridines is 1. The molecule has 0 radical (unpaired) electrons. The van der Waals surface area contributed by atoms with E-state index in [0.717, 1.165) is 11.8 Å². The van der Waals surface area contributed by atoms with Gasteiger partial charge in [0.2, 0.25) is 0 Å². The first kappa shape index (κ1) is 9.09. The standard InChI is InChI=1S/C13H9NO2/c15-7-8-3-1-4-9-11(8)13(16)10-5-2-6-14-12(9)10/h1-7,12,14H. The molecule has 1 aliphatic heterocycles. The van der Waals surface area contributed by atoms with Crippen molar-refractivity contribution in [2.45, 2.75) is 6.04 Å². The first-order valence-electron chi connectivity index (χ1n) is 5.08. The summed E-state index contributed by atoms with van der Waals surface area (Å²) in [4.78, 5) is 23.0. The molecule has 78 valence electrons. The Balaban J connectivity index is 2.27. The van der Waals surface area contributed by atoms with Crippen molar-refractivity contribution >= 4 is 12.1 Å². The summed E-state index contributed by atoms with van der Waals surface area (Å²) >= 11 is 0. The van der Waals surface area contributed by atoms with Crippen LogP contribution in [0.2, 0.25) is 0 Å². The number of benzene rings is 1. The molecule has 16 heavy (non-hydrogen) atoms. The number of aldehydes is 1. The average Bonchev–Trinajstić information content (AvgIpc) is 2.64. The van der Waals surface area contributed by atoms with Gasteiger partial charge in [0.1, 0.15) is 0 Å². The summed E-state index contributed by atoms with van der Waals surface area (Å²) in [5, 5.41) is 3.13.